The van der Waals surface area contributed by atoms with E-state index in [-0.39, 0.29) is 0 Å². The Balaban J connectivity index is 1.09. The van der Waals surface area contributed by atoms with Gasteiger partial charge in [0.2, 0.25) is 0 Å². The maximum absolute atomic E-state index is 7.05. The van der Waals surface area contributed by atoms with Crippen LogP contribution in [0.25, 0.3) is 125 Å². The molecule has 0 fully saturated rings. The molecular weight excluding hydrogens is 973 g/mol. The molecule has 5 heteroatoms. The monoisotopic (exact) mass is 1020 g/mol. The van der Waals surface area contributed by atoms with E-state index in [1.807, 2.05) is 45.3 Å². The Kier molecular flexibility index (Phi) is 11.1. The topological polar surface area (TPSA) is 9.23 Å². The van der Waals surface area contributed by atoms with E-state index < -0.39 is 5.41 Å². The van der Waals surface area contributed by atoms with Gasteiger partial charge in [0.15, 0.2) is 0 Å². The van der Waals surface area contributed by atoms with Crippen LogP contribution in [0.5, 0.6) is 5.75 Å². The summed E-state index contributed by atoms with van der Waals surface area (Å²) in [6.07, 6.45) is 3.20. The number of hydrogen-bond acceptors (Lipinski definition) is 5. The van der Waals surface area contributed by atoms with Crippen LogP contribution < -0.4 is 4.74 Å². The highest BCUT2D eigenvalue weighted by Gasteiger charge is 2.31. The second-order valence-electron chi connectivity index (χ2n) is 20.2. The highest BCUT2D eigenvalue weighted by molar-refractivity contribution is 7.27. The summed E-state index contributed by atoms with van der Waals surface area (Å²) in [6.45, 7) is 9.93. The molecule has 14 rings (SSSR count). The standard InChI is InChI=1S/C69H52OS4/c1-5-7-20-43-56(52-29-16-25-48-44-21-8-12-33-60(44)71-65(48)52)37-41(38-57(43)53-30-17-26-49-45-22-9-13-34-61(45)72-66(49)53)69(3,4)42-39-58(54-31-18-27-50-46-23-10-14-35-62(46)73-67(50)54)64(70-6-2)59(40-42)55-32-19-28-51-47-24-11-15-36-63(47)74-68(51)55/h8-19,21-40H,5-7,20H2,1-4H3. The van der Waals surface area contributed by atoms with Gasteiger partial charge in [-0.05, 0) is 107 Å². The average molecular weight is 1030 g/mol. The lowest BCUT2D eigenvalue weighted by Gasteiger charge is -2.31. The van der Waals surface area contributed by atoms with E-state index in [1.165, 1.54) is 131 Å². The molecule has 358 valence electrons. The summed E-state index contributed by atoms with van der Waals surface area (Å²) in [5.74, 6) is 0.936. The van der Waals surface area contributed by atoms with Crippen LogP contribution in [-0.4, -0.2) is 6.61 Å². The number of fused-ring (bicyclic) bond motifs is 12. The fourth-order valence-corrected chi connectivity index (χ4v) is 16.8. The van der Waals surface area contributed by atoms with Crippen molar-refractivity contribution in [1.82, 2.24) is 0 Å². The Labute approximate surface area is 447 Å². The van der Waals surface area contributed by atoms with Crippen LogP contribution >= 0.6 is 45.3 Å². The third-order valence-electron chi connectivity index (χ3n) is 15.6. The number of ether oxygens (including phenoxy) is 1. The summed E-state index contributed by atoms with van der Waals surface area (Å²) < 4.78 is 17.6. The largest absolute Gasteiger partial charge is 0.493 e. The van der Waals surface area contributed by atoms with Gasteiger partial charge in [-0.2, -0.15) is 0 Å². The first-order valence-electron chi connectivity index (χ1n) is 26.0. The molecule has 1 nitrogen and oxygen atoms in total. The van der Waals surface area contributed by atoms with E-state index in [0.29, 0.717) is 6.61 Å². The second-order valence-corrected chi connectivity index (χ2v) is 24.4. The Hall–Kier alpha value is -7.12. The van der Waals surface area contributed by atoms with Crippen LogP contribution in [-0.2, 0) is 11.8 Å². The molecule has 0 aliphatic rings. The molecule has 0 aliphatic heterocycles. The molecule has 0 saturated heterocycles. The van der Waals surface area contributed by atoms with Gasteiger partial charge in [-0.1, -0.05) is 173 Å². The maximum Gasteiger partial charge on any atom is 0.135 e. The normalized spacial score (nSPS) is 12.3. The zero-order valence-corrected chi connectivity index (χ0v) is 45.1. The zero-order valence-electron chi connectivity index (χ0n) is 41.8. The van der Waals surface area contributed by atoms with Gasteiger partial charge >= 0.3 is 0 Å². The van der Waals surface area contributed by atoms with Crippen molar-refractivity contribution in [3.05, 3.63) is 211 Å². The molecule has 14 aromatic rings. The van der Waals surface area contributed by atoms with Crippen molar-refractivity contribution in [2.45, 2.75) is 52.4 Å². The fraction of sp³-hybridized carbons (Fsp3) is 0.130. The number of rotatable bonds is 11. The molecular formula is C69H52OS4. The van der Waals surface area contributed by atoms with Crippen LogP contribution in [0.2, 0.25) is 0 Å². The van der Waals surface area contributed by atoms with E-state index >= 15 is 0 Å². The van der Waals surface area contributed by atoms with E-state index in [9.17, 15) is 0 Å². The number of hydrogen-bond donors (Lipinski definition) is 0. The van der Waals surface area contributed by atoms with Gasteiger partial charge < -0.3 is 4.74 Å². The number of benzene rings is 10. The predicted molar refractivity (Wildman–Crippen MR) is 328 cm³/mol. The minimum atomic E-state index is -0.481. The minimum Gasteiger partial charge on any atom is -0.493 e. The second kappa shape index (κ2) is 18.1. The Morgan fingerprint density at radius 1 is 0.351 bits per heavy atom. The smallest absolute Gasteiger partial charge is 0.135 e. The van der Waals surface area contributed by atoms with Crippen molar-refractivity contribution in [3.8, 4) is 50.3 Å². The van der Waals surface area contributed by atoms with Crippen molar-refractivity contribution in [1.29, 1.82) is 0 Å². The molecule has 0 atom stereocenters. The Bertz CT molecular complexity index is 4260. The first kappa shape index (κ1) is 45.5. The highest BCUT2D eigenvalue weighted by Crippen LogP contribution is 2.53. The van der Waals surface area contributed by atoms with E-state index in [1.54, 1.807) is 0 Å². The quantitative estimate of drug-likeness (QED) is 0.125. The van der Waals surface area contributed by atoms with Crippen LogP contribution in [0.3, 0.4) is 0 Å². The van der Waals surface area contributed by atoms with Crippen molar-refractivity contribution in [2.75, 3.05) is 6.61 Å². The average Bonchev–Trinajstić information content (AvgIpc) is 4.26. The summed E-state index contributed by atoms with van der Waals surface area (Å²) in [4.78, 5) is 0. The SMILES string of the molecule is CCCCc1c(-c2cccc3c2sc2ccccc23)cc(C(C)(C)c2cc(-c3cccc4c3sc3ccccc34)c(OCC)c(-c3cccc4c3sc3ccccc34)c2)cc1-c1cccc2c1sc1ccccc12. The molecule has 0 amide bonds. The molecule has 0 radical (unpaired) electrons. The highest BCUT2D eigenvalue weighted by atomic mass is 32.1. The molecule has 0 bridgehead atoms. The molecule has 10 aromatic carbocycles. The van der Waals surface area contributed by atoms with Gasteiger partial charge in [0.25, 0.3) is 0 Å². The maximum atomic E-state index is 7.05. The lowest BCUT2D eigenvalue weighted by atomic mass is 9.73. The van der Waals surface area contributed by atoms with E-state index in [2.05, 4.69) is 222 Å². The third kappa shape index (κ3) is 7.19. The van der Waals surface area contributed by atoms with Gasteiger partial charge in [-0.3, -0.25) is 0 Å². The van der Waals surface area contributed by atoms with Crippen LogP contribution in [0.4, 0.5) is 0 Å². The van der Waals surface area contributed by atoms with Gasteiger partial charge in [0, 0.05) is 108 Å². The molecule has 4 aromatic heterocycles. The Morgan fingerprint density at radius 2 is 0.662 bits per heavy atom. The number of thiophene rings is 4. The summed E-state index contributed by atoms with van der Waals surface area (Å²) in [7, 11) is 0. The molecule has 74 heavy (non-hydrogen) atoms. The first-order chi connectivity index (χ1) is 36.4. The van der Waals surface area contributed by atoms with Gasteiger partial charge in [-0.25, -0.2) is 0 Å². The van der Waals surface area contributed by atoms with Crippen LogP contribution in [0.1, 0.15) is 57.2 Å². The van der Waals surface area contributed by atoms with Gasteiger partial charge in [-0.15, -0.1) is 45.3 Å². The number of unbranched alkanes of at least 4 members (excludes halogenated alkanes) is 1. The van der Waals surface area contributed by atoms with Crippen molar-refractivity contribution in [3.63, 3.8) is 0 Å². The minimum absolute atomic E-state index is 0.481. The third-order valence-corrected chi connectivity index (χ3v) is 20.5. The molecule has 4 heterocycles. The van der Waals surface area contributed by atoms with Gasteiger partial charge in [0.05, 0.1) is 6.61 Å². The summed E-state index contributed by atoms with van der Waals surface area (Å²) >= 11 is 7.64. The molecule has 0 saturated carbocycles. The van der Waals surface area contributed by atoms with Gasteiger partial charge in [0.1, 0.15) is 5.75 Å². The van der Waals surface area contributed by atoms with Crippen molar-refractivity contribution in [2.24, 2.45) is 0 Å². The van der Waals surface area contributed by atoms with E-state index in [0.717, 1.165) is 36.1 Å². The Morgan fingerprint density at radius 3 is 1.00 bits per heavy atom. The molecule has 0 N–H and O–H groups in total. The lowest BCUT2D eigenvalue weighted by Crippen LogP contribution is -2.20. The van der Waals surface area contributed by atoms with Crippen LogP contribution in [0, 0.1) is 0 Å². The summed E-state index contributed by atoms with van der Waals surface area (Å²) in [6, 6.07) is 73.5. The lowest BCUT2D eigenvalue weighted by molar-refractivity contribution is 0.343. The molecule has 0 unspecified atom stereocenters. The van der Waals surface area contributed by atoms with Crippen LogP contribution in [0.15, 0.2) is 194 Å². The first-order valence-corrected chi connectivity index (χ1v) is 29.3. The predicted octanol–water partition coefficient (Wildman–Crippen LogP) is 21.9. The summed E-state index contributed by atoms with van der Waals surface area (Å²) in [5, 5.41) is 10.5. The van der Waals surface area contributed by atoms with E-state index in [4.69, 9.17) is 4.74 Å². The zero-order chi connectivity index (χ0) is 49.7. The van der Waals surface area contributed by atoms with Crippen molar-refractivity contribution >= 4 is 126 Å². The summed E-state index contributed by atoms with van der Waals surface area (Å²) in [5.41, 5.74) is 13.5. The fourth-order valence-electron chi connectivity index (χ4n) is 11.8. The molecule has 0 spiro atoms. The van der Waals surface area contributed by atoms with Crippen molar-refractivity contribution < 1.29 is 4.74 Å². The molecule has 0 aliphatic carbocycles.